The van der Waals surface area contributed by atoms with Crippen molar-refractivity contribution in [2.24, 2.45) is 0 Å². The Bertz CT molecular complexity index is 936. The van der Waals surface area contributed by atoms with Crippen molar-refractivity contribution in [2.45, 2.75) is 334 Å². The number of unbranched alkanes of at least 4 members (excludes halogenated alkanes) is 43. The molecule has 1 amide bonds. The van der Waals surface area contributed by atoms with Crippen molar-refractivity contribution < 1.29 is 20.1 Å². The minimum absolute atomic E-state index is 0.361. The predicted octanol–water partition coefficient (Wildman–Crippen LogP) is 17.7. The zero-order chi connectivity index (χ0) is 45.8. The second kappa shape index (κ2) is 53.4. The third-order valence-corrected chi connectivity index (χ3v) is 13.5. The fourth-order valence-corrected chi connectivity index (χ4v) is 9.07. The number of amides is 1. The molecule has 0 fully saturated rings. The van der Waals surface area contributed by atoms with Crippen molar-refractivity contribution >= 4 is 5.91 Å². The molecule has 63 heavy (non-hydrogen) atoms. The van der Waals surface area contributed by atoms with E-state index in [2.05, 4.69) is 31.3 Å². The maximum atomic E-state index is 12.6. The van der Waals surface area contributed by atoms with E-state index in [0.29, 0.717) is 6.42 Å². The lowest BCUT2D eigenvalue weighted by molar-refractivity contribution is -0.131. The van der Waals surface area contributed by atoms with E-state index in [4.69, 9.17) is 0 Å². The van der Waals surface area contributed by atoms with Gasteiger partial charge in [0, 0.05) is 0 Å². The number of carbonyl (C=O) groups excluding carboxylic acids is 1. The van der Waals surface area contributed by atoms with Gasteiger partial charge in [0.25, 0.3) is 0 Å². The third-order valence-electron chi connectivity index (χ3n) is 13.5. The van der Waals surface area contributed by atoms with Gasteiger partial charge >= 0.3 is 0 Å². The van der Waals surface area contributed by atoms with Crippen molar-refractivity contribution in [2.75, 3.05) is 6.61 Å². The first-order chi connectivity index (χ1) is 31.1. The summed E-state index contributed by atoms with van der Waals surface area (Å²) in [7, 11) is 0. The van der Waals surface area contributed by atoms with Crippen LogP contribution in [-0.2, 0) is 4.79 Å². The second-order valence-electron chi connectivity index (χ2n) is 19.9. The molecule has 4 N–H and O–H groups in total. The molecule has 0 rings (SSSR count). The Kier molecular flexibility index (Phi) is 52.5. The van der Waals surface area contributed by atoms with Crippen LogP contribution in [0.25, 0.3) is 0 Å². The molecule has 5 heteroatoms. The summed E-state index contributed by atoms with van der Waals surface area (Å²) in [6.45, 7) is 4.22. The molecular formula is C58H113NO4. The van der Waals surface area contributed by atoms with E-state index < -0.39 is 24.2 Å². The molecule has 3 unspecified atom stereocenters. The zero-order valence-corrected chi connectivity index (χ0v) is 42.7. The van der Waals surface area contributed by atoms with E-state index >= 15 is 0 Å². The maximum Gasteiger partial charge on any atom is 0.249 e. The topological polar surface area (TPSA) is 89.8 Å². The highest BCUT2D eigenvalue weighted by Crippen LogP contribution is 2.17. The standard InChI is InChI=1S/C58H113NO4/c1-3-5-7-9-11-13-15-17-19-21-23-25-26-27-28-29-30-31-33-35-37-39-41-43-45-47-49-51-53-57(62)58(63)59-55(54-60)56(61)52-50-48-46-44-42-40-38-36-34-32-24-22-20-18-16-14-12-10-8-6-4-2/h27-28,50,52,55-57,60-62H,3-26,29-49,51,53-54H2,1-2H3,(H,59,63)/b28-27-,52-50+. The van der Waals surface area contributed by atoms with Crippen LogP contribution in [0.1, 0.15) is 316 Å². The molecule has 0 saturated heterocycles. The molecule has 0 aromatic rings. The maximum absolute atomic E-state index is 12.6. The Morgan fingerprint density at radius 1 is 0.381 bits per heavy atom. The van der Waals surface area contributed by atoms with E-state index in [1.54, 1.807) is 6.08 Å². The molecule has 0 heterocycles. The lowest BCUT2D eigenvalue weighted by atomic mass is 10.0. The van der Waals surface area contributed by atoms with Gasteiger partial charge in [0.15, 0.2) is 0 Å². The Morgan fingerprint density at radius 3 is 0.921 bits per heavy atom. The lowest BCUT2D eigenvalue weighted by Gasteiger charge is -2.21. The van der Waals surface area contributed by atoms with Gasteiger partial charge in [-0.15, -0.1) is 0 Å². The largest absolute Gasteiger partial charge is 0.394 e. The van der Waals surface area contributed by atoms with Crippen LogP contribution in [0.5, 0.6) is 0 Å². The number of aliphatic hydroxyl groups excluding tert-OH is 3. The highest BCUT2D eigenvalue weighted by atomic mass is 16.3. The number of rotatable bonds is 53. The quantitative estimate of drug-likeness (QED) is 0.0362. The van der Waals surface area contributed by atoms with Gasteiger partial charge < -0.3 is 20.6 Å². The fraction of sp³-hybridized carbons (Fsp3) is 0.914. The summed E-state index contributed by atoms with van der Waals surface area (Å²) in [5, 5.41) is 33.4. The minimum Gasteiger partial charge on any atom is -0.394 e. The zero-order valence-electron chi connectivity index (χ0n) is 42.7. The van der Waals surface area contributed by atoms with Crippen molar-refractivity contribution in [1.82, 2.24) is 5.32 Å². The number of hydrogen-bond donors (Lipinski definition) is 4. The van der Waals surface area contributed by atoms with Crippen LogP contribution >= 0.6 is 0 Å². The molecule has 0 aliphatic rings. The van der Waals surface area contributed by atoms with Crippen LogP contribution in [0.2, 0.25) is 0 Å². The minimum atomic E-state index is -1.10. The van der Waals surface area contributed by atoms with E-state index in [9.17, 15) is 20.1 Å². The van der Waals surface area contributed by atoms with Gasteiger partial charge in [-0.2, -0.15) is 0 Å². The van der Waals surface area contributed by atoms with Crippen LogP contribution in [0, 0.1) is 0 Å². The summed E-state index contributed by atoms with van der Waals surface area (Å²) in [5.41, 5.74) is 0. The van der Waals surface area contributed by atoms with Gasteiger partial charge in [0.1, 0.15) is 6.10 Å². The molecule has 0 aromatic carbocycles. The van der Waals surface area contributed by atoms with Crippen LogP contribution in [0.15, 0.2) is 24.3 Å². The summed E-state index contributed by atoms with van der Waals surface area (Å²) in [6, 6.07) is -0.797. The Balaban J connectivity index is 3.55. The number of allylic oxidation sites excluding steroid dienone is 3. The molecule has 3 atom stereocenters. The first-order valence-corrected chi connectivity index (χ1v) is 28.7. The van der Waals surface area contributed by atoms with Gasteiger partial charge in [-0.1, -0.05) is 295 Å². The molecule has 0 spiro atoms. The average Bonchev–Trinajstić information content (AvgIpc) is 3.29. The van der Waals surface area contributed by atoms with E-state index in [-0.39, 0.29) is 6.61 Å². The monoisotopic (exact) mass is 888 g/mol. The van der Waals surface area contributed by atoms with Crippen molar-refractivity contribution in [3.05, 3.63) is 24.3 Å². The van der Waals surface area contributed by atoms with E-state index in [1.807, 2.05) is 6.08 Å². The number of aliphatic hydroxyl groups is 3. The van der Waals surface area contributed by atoms with Crippen molar-refractivity contribution in [1.29, 1.82) is 0 Å². The summed E-state index contributed by atoms with van der Waals surface area (Å²) in [6.07, 6.45) is 68.3. The summed E-state index contributed by atoms with van der Waals surface area (Å²) < 4.78 is 0. The molecule has 0 saturated carbocycles. The number of hydrogen-bond acceptors (Lipinski definition) is 4. The predicted molar refractivity (Wildman–Crippen MR) is 278 cm³/mol. The highest BCUT2D eigenvalue weighted by Gasteiger charge is 2.22. The smallest absolute Gasteiger partial charge is 0.249 e. The van der Waals surface area contributed by atoms with Crippen LogP contribution in [0.3, 0.4) is 0 Å². The summed E-state index contributed by atoms with van der Waals surface area (Å²) in [5.74, 6) is -0.498. The van der Waals surface area contributed by atoms with Crippen molar-refractivity contribution in [3.8, 4) is 0 Å². The molecule has 5 nitrogen and oxygen atoms in total. The third kappa shape index (κ3) is 48.6. The Morgan fingerprint density at radius 2 is 0.635 bits per heavy atom. The van der Waals surface area contributed by atoms with E-state index in [0.717, 1.165) is 32.1 Å². The second-order valence-corrected chi connectivity index (χ2v) is 19.9. The number of nitrogens with one attached hydrogen (secondary N) is 1. The first-order valence-electron chi connectivity index (χ1n) is 28.7. The lowest BCUT2D eigenvalue weighted by Crippen LogP contribution is -2.48. The molecule has 0 radical (unpaired) electrons. The Hall–Kier alpha value is -1.17. The normalized spacial score (nSPS) is 13.4. The van der Waals surface area contributed by atoms with Crippen LogP contribution in [0.4, 0.5) is 0 Å². The van der Waals surface area contributed by atoms with Gasteiger partial charge in [0.2, 0.25) is 5.91 Å². The SMILES string of the molecule is CCCCCCCCCCCCCC/C=C\CCCCCCCCCCCCCCC(O)C(=O)NC(CO)C(O)/C=C/CCCCCCCCCCCCCCCCCCCCC. The van der Waals surface area contributed by atoms with E-state index in [1.165, 1.54) is 263 Å². The molecule has 0 bridgehead atoms. The van der Waals surface area contributed by atoms with Crippen LogP contribution < -0.4 is 5.32 Å². The fourth-order valence-electron chi connectivity index (χ4n) is 9.07. The van der Waals surface area contributed by atoms with Crippen LogP contribution in [-0.4, -0.2) is 46.1 Å². The summed E-state index contributed by atoms with van der Waals surface area (Å²) in [4.78, 5) is 12.6. The summed E-state index contributed by atoms with van der Waals surface area (Å²) >= 11 is 0. The van der Waals surface area contributed by atoms with Gasteiger partial charge in [-0.3, -0.25) is 4.79 Å². The van der Waals surface area contributed by atoms with Crippen molar-refractivity contribution in [3.63, 3.8) is 0 Å². The molecule has 0 aliphatic carbocycles. The van der Waals surface area contributed by atoms with Gasteiger partial charge in [-0.05, 0) is 44.9 Å². The average molecular weight is 889 g/mol. The first kappa shape index (κ1) is 61.8. The molecule has 0 aromatic heterocycles. The van der Waals surface area contributed by atoms with Gasteiger partial charge in [0.05, 0.1) is 18.8 Å². The molecular weight excluding hydrogens is 775 g/mol. The Labute approximate surface area is 394 Å². The highest BCUT2D eigenvalue weighted by molar-refractivity contribution is 5.80. The molecule has 374 valence electrons. The number of carbonyl (C=O) groups is 1. The molecule has 0 aliphatic heterocycles. The van der Waals surface area contributed by atoms with Gasteiger partial charge in [-0.25, -0.2) is 0 Å².